The van der Waals surface area contributed by atoms with E-state index in [0.717, 1.165) is 6.07 Å². The van der Waals surface area contributed by atoms with Crippen molar-refractivity contribution >= 4 is 33.0 Å². The second kappa shape index (κ2) is 6.52. The van der Waals surface area contributed by atoms with Gasteiger partial charge in [0, 0.05) is 18.7 Å². The van der Waals surface area contributed by atoms with Crippen LogP contribution in [0.25, 0.3) is 0 Å². The summed E-state index contributed by atoms with van der Waals surface area (Å²) in [6, 6.07) is 0.978. The Labute approximate surface area is 137 Å². The third-order valence-electron chi connectivity index (χ3n) is 3.69. The van der Waals surface area contributed by atoms with E-state index in [1.54, 1.807) is 11.6 Å². The molecule has 1 saturated heterocycles. The molecule has 2 atom stereocenters. The molecule has 1 aromatic rings. The lowest BCUT2D eigenvalue weighted by atomic mass is 9.84. The van der Waals surface area contributed by atoms with Crippen LogP contribution in [0.1, 0.15) is 13.3 Å². The molecule has 0 saturated carbocycles. The molecule has 0 radical (unpaired) electrons. The van der Waals surface area contributed by atoms with Gasteiger partial charge in [-0.3, -0.25) is 0 Å². The summed E-state index contributed by atoms with van der Waals surface area (Å²) in [4.78, 5) is 1.13. The topological polar surface area (TPSA) is 69.6 Å². The molecule has 0 unspecified atom stereocenters. The number of halogens is 3. The van der Waals surface area contributed by atoms with Crippen molar-refractivity contribution in [3.05, 3.63) is 28.2 Å². The van der Waals surface area contributed by atoms with Gasteiger partial charge in [0.2, 0.25) is 10.0 Å². The Morgan fingerprint density at radius 3 is 2.59 bits per heavy atom. The van der Waals surface area contributed by atoms with Crippen LogP contribution in [0.4, 0.5) is 8.78 Å². The molecule has 2 N–H and O–H groups in total. The molecule has 5 nitrogen and oxygen atoms in total. The van der Waals surface area contributed by atoms with Crippen LogP contribution in [-0.4, -0.2) is 43.9 Å². The van der Waals surface area contributed by atoms with Gasteiger partial charge in [-0.2, -0.15) is 0 Å². The first-order valence-electron chi connectivity index (χ1n) is 6.72. The quantitative estimate of drug-likeness (QED) is 0.598. The highest BCUT2D eigenvalue weighted by atomic mass is 79.9. The Kier molecular flexibility index (Phi) is 5.28. The molecule has 0 amide bonds. The Bertz CT molecular complexity index is 675. The first kappa shape index (κ1) is 17.8. The van der Waals surface area contributed by atoms with Crippen LogP contribution < -0.4 is 4.72 Å². The fraction of sp³-hybridized carbons (Fsp3) is 0.500. The van der Waals surface area contributed by atoms with Crippen molar-refractivity contribution in [3.8, 4) is 0 Å². The molecule has 0 aromatic heterocycles. The lowest BCUT2D eigenvalue weighted by molar-refractivity contribution is 0.360. The minimum absolute atomic E-state index is 0.00231. The molecule has 1 aromatic carbocycles. The van der Waals surface area contributed by atoms with Crippen molar-refractivity contribution in [3.63, 3.8) is 0 Å². The number of sulfonamides is 1. The lowest BCUT2D eigenvalue weighted by Gasteiger charge is -2.21. The molecule has 0 spiro atoms. The molecule has 1 fully saturated rings. The van der Waals surface area contributed by atoms with Crippen LogP contribution >= 0.6 is 15.9 Å². The summed E-state index contributed by atoms with van der Waals surface area (Å²) in [5.74, 6) is -2.02. The highest BCUT2D eigenvalue weighted by molar-refractivity contribution is 9.10. The number of nitrogens with one attached hydrogen (secondary N) is 1. The van der Waals surface area contributed by atoms with Crippen LogP contribution in [0.2, 0.25) is 6.82 Å². The molecular weight excluding hydrogens is 381 g/mol. The summed E-state index contributed by atoms with van der Waals surface area (Å²) >= 11 is 2.85. The van der Waals surface area contributed by atoms with Gasteiger partial charge in [0.1, 0.15) is 16.5 Å². The van der Waals surface area contributed by atoms with Gasteiger partial charge in [-0.1, -0.05) is 6.92 Å². The Morgan fingerprint density at radius 1 is 1.41 bits per heavy atom. The Morgan fingerprint density at radius 2 is 2.05 bits per heavy atom. The molecular formula is C12H16BBrF2N2O3S. The van der Waals surface area contributed by atoms with E-state index in [0.29, 0.717) is 19.0 Å². The molecule has 122 valence electrons. The van der Waals surface area contributed by atoms with E-state index in [4.69, 9.17) is 0 Å². The maximum Gasteiger partial charge on any atom is 0.376 e. The first-order chi connectivity index (χ1) is 10.1. The summed E-state index contributed by atoms with van der Waals surface area (Å²) in [5.41, 5.74) is 0. The molecule has 1 heterocycles. The predicted octanol–water partition coefficient (Wildman–Crippen LogP) is 1.58. The number of rotatable bonds is 4. The molecule has 2 rings (SSSR count). The van der Waals surface area contributed by atoms with Crippen molar-refractivity contribution in [1.82, 2.24) is 9.53 Å². The van der Waals surface area contributed by atoms with Gasteiger partial charge < -0.3 is 9.83 Å². The summed E-state index contributed by atoms with van der Waals surface area (Å²) in [5, 5.41) is 9.61. The van der Waals surface area contributed by atoms with Gasteiger partial charge in [0.25, 0.3) is 0 Å². The standard InChI is InChI=1S/C12H16BBrF2N2O3S/c1-7-3-8(6-18(7)13(2)19)17-22(20,21)12-4-9(14)10(15)5-11(12)16/h4-5,7-8,17,19H,3,6H2,1-2H3/t7-,8+/m0/s1. The monoisotopic (exact) mass is 396 g/mol. The van der Waals surface area contributed by atoms with E-state index in [-0.39, 0.29) is 10.5 Å². The highest BCUT2D eigenvalue weighted by Gasteiger charge is 2.36. The molecule has 22 heavy (non-hydrogen) atoms. The van der Waals surface area contributed by atoms with Crippen molar-refractivity contribution in [2.75, 3.05) is 6.54 Å². The van der Waals surface area contributed by atoms with Crippen LogP contribution in [0.15, 0.2) is 21.5 Å². The van der Waals surface area contributed by atoms with E-state index < -0.39 is 39.6 Å². The van der Waals surface area contributed by atoms with E-state index in [1.165, 1.54) is 0 Å². The number of benzene rings is 1. The molecule has 1 aliphatic heterocycles. The summed E-state index contributed by atoms with van der Waals surface area (Å²) in [7, 11) is -4.81. The van der Waals surface area contributed by atoms with E-state index in [2.05, 4.69) is 20.7 Å². The van der Waals surface area contributed by atoms with Crippen molar-refractivity contribution in [1.29, 1.82) is 0 Å². The summed E-state index contributed by atoms with van der Waals surface area (Å²) < 4.78 is 53.8. The second-order valence-corrected chi connectivity index (χ2v) is 7.97. The zero-order valence-corrected chi connectivity index (χ0v) is 14.5. The Balaban J connectivity index is 2.21. The van der Waals surface area contributed by atoms with Gasteiger partial charge in [-0.05, 0) is 41.3 Å². The Hall–Kier alpha value is -0.545. The third-order valence-corrected chi connectivity index (χ3v) is 5.83. The first-order valence-corrected chi connectivity index (χ1v) is 9.00. The van der Waals surface area contributed by atoms with Crippen molar-refractivity contribution in [2.24, 2.45) is 0 Å². The van der Waals surface area contributed by atoms with E-state index >= 15 is 0 Å². The van der Waals surface area contributed by atoms with E-state index in [1.807, 2.05) is 6.92 Å². The van der Waals surface area contributed by atoms with Crippen LogP contribution in [-0.2, 0) is 10.0 Å². The van der Waals surface area contributed by atoms with Crippen molar-refractivity contribution in [2.45, 2.75) is 37.1 Å². The summed E-state index contributed by atoms with van der Waals surface area (Å²) in [6.07, 6.45) is 0.494. The second-order valence-electron chi connectivity index (χ2n) is 5.43. The largest absolute Gasteiger partial charge is 0.437 e. The van der Waals surface area contributed by atoms with Gasteiger partial charge in [0.05, 0.1) is 4.47 Å². The predicted molar refractivity (Wildman–Crippen MR) is 82.8 cm³/mol. The number of hydrogen-bond donors (Lipinski definition) is 2. The van der Waals surface area contributed by atoms with Crippen LogP contribution in [0.3, 0.4) is 0 Å². The average molecular weight is 397 g/mol. The van der Waals surface area contributed by atoms with Crippen LogP contribution in [0.5, 0.6) is 0 Å². The van der Waals surface area contributed by atoms with Gasteiger partial charge in [-0.15, -0.1) is 0 Å². The van der Waals surface area contributed by atoms with Crippen molar-refractivity contribution < 1.29 is 22.2 Å². The third kappa shape index (κ3) is 3.68. The molecule has 10 heteroatoms. The zero-order valence-electron chi connectivity index (χ0n) is 12.1. The molecule has 0 bridgehead atoms. The summed E-state index contributed by atoms with van der Waals surface area (Å²) in [6.45, 7) is 3.79. The van der Waals surface area contributed by atoms with Gasteiger partial charge in [-0.25, -0.2) is 21.9 Å². The smallest absolute Gasteiger partial charge is 0.376 e. The fourth-order valence-electron chi connectivity index (χ4n) is 2.66. The maximum absolute atomic E-state index is 13.8. The zero-order chi connectivity index (χ0) is 16.7. The minimum atomic E-state index is -4.12. The highest BCUT2D eigenvalue weighted by Crippen LogP contribution is 2.25. The lowest BCUT2D eigenvalue weighted by Crippen LogP contribution is -2.42. The van der Waals surface area contributed by atoms with Gasteiger partial charge in [0.15, 0.2) is 0 Å². The number of nitrogens with zero attached hydrogens (tertiary/aromatic N) is 1. The fourth-order valence-corrected chi connectivity index (χ4v) is 4.48. The normalized spacial score (nSPS) is 23.0. The van der Waals surface area contributed by atoms with Crippen LogP contribution in [0, 0.1) is 11.6 Å². The maximum atomic E-state index is 13.8. The van der Waals surface area contributed by atoms with Gasteiger partial charge >= 0.3 is 7.05 Å². The number of hydrogen-bond acceptors (Lipinski definition) is 4. The molecule has 1 aliphatic rings. The molecule has 0 aliphatic carbocycles. The SMILES string of the molecule is CB(O)N1C[C@H](NS(=O)(=O)c2cc(Br)c(F)cc2F)C[C@@H]1C. The minimum Gasteiger partial charge on any atom is -0.437 e. The van der Waals surface area contributed by atoms with E-state index in [9.17, 15) is 22.2 Å². The average Bonchev–Trinajstić information content (AvgIpc) is 2.73.